The standard InChI is InChI=1S/C10H18.C2H6O3P/c1-5-10(4)8-6-7-9(2)3;1-4-6(3)5-2/h5,7,10H,1,6,8H2,2-4H3;1-2H3/q;+1. The molecule has 94 valence electrons. The summed E-state index contributed by atoms with van der Waals surface area (Å²) in [7, 11) is 0.817. The minimum atomic E-state index is -1.83. The monoisotopic (exact) mass is 247 g/mol. The lowest BCUT2D eigenvalue weighted by Crippen LogP contribution is -1.86. The fourth-order valence-electron chi connectivity index (χ4n) is 0.827. The van der Waals surface area contributed by atoms with Gasteiger partial charge in [0.1, 0.15) is 0 Å². The summed E-state index contributed by atoms with van der Waals surface area (Å²) < 4.78 is 18.3. The maximum atomic E-state index is 9.88. The SMILES string of the molecule is C=CC(C)CCC=C(C)C.CO[P+](=O)OC. The second kappa shape index (κ2) is 12.6. The van der Waals surface area contributed by atoms with Gasteiger partial charge in [0.25, 0.3) is 0 Å². The van der Waals surface area contributed by atoms with Crippen LogP contribution in [0.25, 0.3) is 0 Å². The molecule has 0 aliphatic heterocycles. The molecule has 0 aliphatic carbocycles. The van der Waals surface area contributed by atoms with Crippen LogP contribution in [-0.4, -0.2) is 14.2 Å². The van der Waals surface area contributed by atoms with Gasteiger partial charge in [0.2, 0.25) is 0 Å². The maximum absolute atomic E-state index is 9.88. The first kappa shape index (κ1) is 17.9. The Morgan fingerprint density at radius 3 is 2.12 bits per heavy atom. The first-order valence-corrected chi connectivity index (χ1v) is 6.38. The summed E-state index contributed by atoms with van der Waals surface area (Å²) in [6, 6.07) is 0. The molecule has 0 aliphatic rings. The fraction of sp³-hybridized carbons (Fsp3) is 0.667. The van der Waals surface area contributed by atoms with Crippen LogP contribution in [0.5, 0.6) is 0 Å². The van der Waals surface area contributed by atoms with Gasteiger partial charge in [-0.1, -0.05) is 24.6 Å². The molecule has 0 fully saturated rings. The average molecular weight is 247 g/mol. The Labute approximate surface area is 100 Å². The molecule has 0 N–H and O–H groups in total. The molecule has 0 radical (unpaired) electrons. The Kier molecular flexibility index (Phi) is 14.0. The molecule has 0 bridgehead atoms. The van der Waals surface area contributed by atoms with Crippen LogP contribution in [0.3, 0.4) is 0 Å². The van der Waals surface area contributed by atoms with E-state index in [1.807, 2.05) is 6.08 Å². The molecule has 0 aromatic heterocycles. The summed E-state index contributed by atoms with van der Waals surface area (Å²) in [5, 5.41) is 0. The van der Waals surface area contributed by atoms with Crippen molar-refractivity contribution < 1.29 is 13.6 Å². The fourth-order valence-corrected chi connectivity index (χ4v) is 0.976. The minimum absolute atomic E-state index is 0.663. The number of hydrogen-bond acceptors (Lipinski definition) is 3. The van der Waals surface area contributed by atoms with Crippen molar-refractivity contribution in [2.45, 2.75) is 33.6 Å². The van der Waals surface area contributed by atoms with E-state index in [2.05, 4.69) is 42.5 Å². The Bertz CT molecular complexity index is 214. The lowest BCUT2D eigenvalue weighted by molar-refractivity contribution is 0.302. The smallest absolute Gasteiger partial charge is 0.122 e. The van der Waals surface area contributed by atoms with E-state index >= 15 is 0 Å². The predicted octanol–water partition coefficient (Wildman–Crippen LogP) is 4.49. The highest BCUT2D eigenvalue weighted by molar-refractivity contribution is 7.33. The van der Waals surface area contributed by atoms with Crippen molar-refractivity contribution in [2.75, 3.05) is 14.2 Å². The second-order valence-corrected chi connectivity index (χ2v) is 4.84. The van der Waals surface area contributed by atoms with E-state index in [0.29, 0.717) is 5.92 Å². The molecule has 1 unspecified atom stereocenters. The lowest BCUT2D eigenvalue weighted by atomic mass is 10.1. The highest BCUT2D eigenvalue weighted by Crippen LogP contribution is 2.18. The van der Waals surface area contributed by atoms with Crippen molar-refractivity contribution in [1.29, 1.82) is 0 Å². The van der Waals surface area contributed by atoms with E-state index < -0.39 is 8.25 Å². The third kappa shape index (κ3) is 15.9. The minimum Gasteiger partial charge on any atom is -0.122 e. The molecule has 0 spiro atoms. The van der Waals surface area contributed by atoms with E-state index in [4.69, 9.17) is 0 Å². The van der Waals surface area contributed by atoms with Gasteiger partial charge in [0.15, 0.2) is 0 Å². The third-order valence-corrected chi connectivity index (χ3v) is 2.47. The quantitative estimate of drug-likeness (QED) is 0.512. The van der Waals surface area contributed by atoms with Crippen molar-refractivity contribution in [3.63, 3.8) is 0 Å². The first-order valence-electron chi connectivity index (χ1n) is 5.29. The predicted molar refractivity (Wildman–Crippen MR) is 69.7 cm³/mol. The second-order valence-electron chi connectivity index (χ2n) is 3.66. The molecule has 4 heteroatoms. The van der Waals surface area contributed by atoms with Gasteiger partial charge in [-0.2, -0.15) is 0 Å². The van der Waals surface area contributed by atoms with Crippen LogP contribution in [0.2, 0.25) is 0 Å². The van der Waals surface area contributed by atoms with Crippen molar-refractivity contribution in [2.24, 2.45) is 5.92 Å². The molecule has 0 saturated heterocycles. The Balaban J connectivity index is 0. The molecular weight excluding hydrogens is 223 g/mol. The Morgan fingerprint density at radius 2 is 1.88 bits per heavy atom. The highest BCUT2D eigenvalue weighted by Gasteiger charge is 2.10. The summed E-state index contributed by atoms with van der Waals surface area (Å²) in [6.07, 6.45) is 6.71. The summed E-state index contributed by atoms with van der Waals surface area (Å²) in [4.78, 5) is 0. The normalized spacial score (nSPS) is 10.8. The summed E-state index contributed by atoms with van der Waals surface area (Å²) >= 11 is 0. The average Bonchev–Trinajstić information content (AvgIpc) is 2.28. The van der Waals surface area contributed by atoms with Gasteiger partial charge in [-0.15, -0.1) is 15.6 Å². The lowest BCUT2D eigenvalue weighted by Gasteiger charge is -2.01. The summed E-state index contributed by atoms with van der Waals surface area (Å²) in [5.74, 6) is 0.663. The molecule has 0 amide bonds. The van der Waals surface area contributed by atoms with Gasteiger partial charge in [-0.3, -0.25) is 0 Å². The van der Waals surface area contributed by atoms with Gasteiger partial charge in [0, 0.05) is 4.57 Å². The number of allylic oxidation sites excluding steroid dienone is 3. The topological polar surface area (TPSA) is 35.5 Å². The van der Waals surface area contributed by atoms with Crippen LogP contribution in [0.15, 0.2) is 24.3 Å². The molecular formula is C12H24O3P+. The van der Waals surface area contributed by atoms with E-state index in [9.17, 15) is 4.57 Å². The van der Waals surface area contributed by atoms with Crippen molar-refractivity contribution in [3.05, 3.63) is 24.3 Å². The Hall–Kier alpha value is -0.500. The van der Waals surface area contributed by atoms with Crippen molar-refractivity contribution in [1.82, 2.24) is 0 Å². The molecule has 0 rings (SSSR count). The zero-order valence-electron chi connectivity index (χ0n) is 11.0. The van der Waals surface area contributed by atoms with Crippen LogP contribution in [-0.2, 0) is 13.6 Å². The zero-order valence-corrected chi connectivity index (χ0v) is 11.9. The largest absolute Gasteiger partial charge is 0.696 e. The molecule has 0 saturated carbocycles. The van der Waals surface area contributed by atoms with E-state index in [1.165, 1.54) is 32.6 Å². The molecule has 16 heavy (non-hydrogen) atoms. The third-order valence-electron chi connectivity index (χ3n) is 1.88. The van der Waals surface area contributed by atoms with E-state index in [0.717, 1.165) is 0 Å². The van der Waals surface area contributed by atoms with Crippen LogP contribution in [0.4, 0.5) is 0 Å². The number of rotatable bonds is 6. The Morgan fingerprint density at radius 1 is 1.38 bits per heavy atom. The van der Waals surface area contributed by atoms with Gasteiger partial charge in [-0.25, -0.2) is 0 Å². The first-order chi connectivity index (χ1) is 7.47. The van der Waals surface area contributed by atoms with Crippen LogP contribution in [0.1, 0.15) is 33.6 Å². The van der Waals surface area contributed by atoms with Crippen LogP contribution < -0.4 is 0 Å². The van der Waals surface area contributed by atoms with Crippen molar-refractivity contribution >= 4 is 8.25 Å². The zero-order chi connectivity index (χ0) is 13.0. The molecule has 1 atom stereocenters. The molecule has 0 aromatic rings. The summed E-state index contributed by atoms with van der Waals surface area (Å²) in [5.41, 5.74) is 1.41. The van der Waals surface area contributed by atoms with Gasteiger partial charge in [-0.05, 0) is 32.6 Å². The molecule has 0 heterocycles. The maximum Gasteiger partial charge on any atom is 0.696 e. The van der Waals surface area contributed by atoms with Crippen LogP contribution >= 0.6 is 8.25 Å². The van der Waals surface area contributed by atoms with Crippen LogP contribution in [0, 0.1) is 5.92 Å². The van der Waals surface area contributed by atoms with Gasteiger partial charge < -0.3 is 0 Å². The molecule has 0 aromatic carbocycles. The number of hydrogen-bond donors (Lipinski definition) is 0. The van der Waals surface area contributed by atoms with Gasteiger partial charge >= 0.3 is 8.25 Å². The molecule has 3 nitrogen and oxygen atoms in total. The highest BCUT2D eigenvalue weighted by atomic mass is 31.1. The van der Waals surface area contributed by atoms with Gasteiger partial charge in [0.05, 0.1) is 14.2 Å². The van der Waals surface area contributed by atoms with Crippen molar-refractivity contribution in [3.8, 4) is 0 Å². The van der Waals surface area contributed by atoms with E-state index in [1.54, 1.807) is 0 Å². The summed E-state index contributed by atoms with van der Waals surface area (Å²) in [6.45, 7) is 10.2. The van der Waals surface area contributed by atoms with E-state index in [-0.39, 0.29) is 0 Å².